The second-order valence-electron chi connectivity index (χ2n) is 4.47. The monoisotopic (exact) mass is 273 g/mol. The van der Waals surface area contributed by atoms with E-state index in [-0.39, 0.29) is 11.7 Å². The van der Waals surface area contributed by atoms with Crippen molar-refractivity contribution in [1.82, 2.24) is 4.98 Å². The minimum atomic E-state index is -0.431. The molecule has 6 nitrogen and oxygen atoms in total. The molecule has 0 bridgehead atoms. The Morgan fingerprint density at radius 2 is 2.10 bits per heavy atom. The van der Waals surface area contributed by atoms with Gasteiger partial charge in [-0.3, -0.25) is 15.1 Å². The van der Waals surface area contributed by atoms with Crippen LogP contribution in [0.25, 0.3) is 0 Å². The molecule has 2 aromatic rings. The van der Waals surface area contributed by atoms with Gasteiger partial charge in [-0.2, -0.15) is 0 Å². The second kappa shape index (κ2) is 5.66. The van der Waals surface area contributed by atoms with Gasteiger partial charge < -0.3 is 10.5 Å². The number of rotatable bonds is 4. The third-order valence-corrected chi connectivity index (χ3v) is 2.91. The third-order valence-electron chi connectivity index (χ3n) is 2.91. The lowest BCUT2D eigenvalue weighted by atomic mass is 10.2. The first-order valence-electron chi connectivity index (χ1n) is 6.12. The normalized spacial score (nSPS) is 11.9. The van der Waals surface area contributed by atoms with E-state index in [4.69, 9.17) is 10.5 Å². The number of nitrogens with zero attached hydrogens (tertiary/aromatic N) is 2. The molecule has 1 heterocycles. The molecule has 1 aromatic carbocycles. The summed E-state index contributed by atoms with van der Waals surface area (Å²) in [6.45, 7) is 3.49. The highest BCUT2D eigenvalue weighted by molar-refractivity contribution is 5.49. The molecule has 0 fully saturated rings. The number of pyridine rings is 1. The summed E-state index contributed by atoms with van der Waals surface area (Å²) >= 11 is 0. The number of nitro benzene ring substituents is 1. The maximum Gasteiger partial charge on any atom is 0.276 e. The lowest BCUT2D eigenvalue weighted by molar-refractivity contribution is -0.385. The van der Waals surface area contributed by atoms with Crippen molar-refractivity contribution in [2.75, 3.05) is 0 Å². The van der Waals surface area contributed by atoms with Crippen LogP contribution in [0.5, 0.6) is 11.5 Å². The van der Waals surface area contributed by atoms with Crippen LogP contribution in [0.1, 0.15) is 24.2 Å². The van der Waals surface area contributed by atoms with E-state index in [1.54, 1.807) is 37.4 Å². The summed E-state index contributed by atoms with van der Waals surface area (Å²) in [5.74, 6) is 0.951. The van der Waals surface area contributed by atoms with E-state index < -0.39 is 4.92 Å². The van der Waals surface area contributed by atoms with E-state index >= 15 is 0 Å². The molecule has 104 valence electrons. The molecule has 0 saturated carbocycles. The van der Waals surface area contributed by atoms with Gasteiger partial charge in [0.25, 0.3) is 5.69 Å². The van der Waals surface area contributed by atoms with Gasteiger partial charge in [-0.05, 0) is 32.0 Å². The number of hydrogen-bond donors (Lipinski definition) is 1. The van der Waals surface area contributed by atoms with E-state index in [9.17, 15) is 10.1 Å². The lowest BCUT2D eigenvalue weighted by Gasteiger charge is -2.10. The number of benzene rings is 1. The summed E-state index contributed by atoms with van der Waals surface area (Å²) < 4.78 is 5.63. The van der Waals surface area contributed by atoms with Crippen LogP contribution in [0.15, 0.2) is 36.5 Å². The van der Waals surface area contributed by atoms with E-state index in [0.717, 1.165) is 5.69 Å². The van der Waals surface area contributed by atoms with Crippen LogP contribution in [0.4, 0.5) is 5.69 Å². The molecule has 2 rings (SSSR count). The van der Waals surface area contributed by atoms with Gasteiger partial charge in [-0.1, -0.05) is 6.07 Å². The van der Waals surface area contributed by atoms with E-state index in [1.165, 1.54) is 6.07 Å². The Kier molecular flexibility index (Phi) is 3.95. The summed E-state index contributed by atoms with van der Waals surface area (Å²) in [5.41, 5.74) is 6.98. The SMILES string of the molecule is Cc1c(Oc2ccc([C@@H](C)N)nc2)cccc1[N+](=O)[O-]. The lowest BCUT2D eigenvalue weighted by Crippen LogP contribution is -2.06. The van der Waals surface area contributed by atoms with Gasteiger partial charge in [0.1, 0.15) is 11.5 Å². The van der Waals surface area contributed by atoms with Crippen molar-refractivity contribution in [3.8, 4) is 11.5 Å². The Bertz CT molecular complexity index is 624. The molecule has 2 N–H and O–H groups in total. The standard InChI is InChI=1S/C14H15N3O3/c1-9-13(17(18)19)4-3-5-14(9)20-11-6-7-12(10(2)15)16-8-11/h3-8,10H,15H2,1-2H3/t10-/m1/s1. The highest BCUT2D eigenvalue weighted by Gasteiger charge is 2.14. The quantitative estimate of drug-likeness (QED) is 0.682. The molecular formula is C14H15N3O3. The zero-order chi connectivity index (χ0) is 14.7. The number of nitro groups is 1. The Labute approximate surface area is 116 Å². The van der Waals surface area contributed by atoms with Crippen molar-refractivity contribution in [1.29, 1.82) is 0 Å². The number of nitrogens with two attached hydrogens (primary N) is 1. The predicted octanol–water partition coefficient (Wildman–Crippen LogP) is 3.11. The fourth-order valence-corrected chi connectivity index (χ4v) is 1.76. The smallest absolute Gasteiger partial charge is 0.276 e. The molecule has 20 heavy (non-hydrogen) atoms. The first-order chi connectivity index (χ1) is 9.49. The molecule has 0 aliphatic heterocycles. The Morgan fingerprint density at radius 1 is 1.35 bits per heavy atom. The second-order valence-corrected chi connectivity index (χ2v) is 4.47. The zero-order valence-electron chi connectivity index (χ0n) is 11.2. The van der Waals surface area contributed by atoms with Crippen molar-refractivity contribution in [2.45, 2.75) is 19.9 Å². The van der Waals surface area contributed by atoms with Crippen LogP contribution in [-0.4, -0.2) is 9.91 Å². The molecule has 6 heteroatoms. The molecule has 0 aliphatic rings. The highest BCUT2D eigenvalue weighted by Crippen LogP contribution is 2.30. The summed E-state index contributed by atoms with van der Waals surface area (Å²) in [5, 5.41) is 10.9. The summed E-state index contributed by atoms with van der Waals surface area (Å²) in [7, 11) is 0. The summed E-state index contributed by atoms with van der Waals surface area (Å²) in [4.78, 5) is 14.6. The molecule has 1 aromatic heterocycles. The molecule has 1 atom stereocenters. The van der Waals surface area contributed by atoms with Crippen LogP contribution in [0, 0.1) is 17.0 Å². The Balaban J connectivity index is 2.26. The molecule has 0 saturated heterocycles. The first-order valence-corrected chi connectivity index (χ1v) is 6.12. The van der Waals surface area contributed by atoms with Gasteiger partial charge in [-0.15, -0.1) is 0 Å². The van der Waals surface area contributed by atoms with Crippen LogP contribution in [-0.2, 0) is 0 Å². The maximum atomic E-state index is 10.9. The first kappa shape index (κ1) is 14.0. The maximum absolute atomic E-state index is 10.9. The van der Waals surface area contributed by atoms with Crippen LogP contribution in [0.3, 0.4) is 0 Å². The van der Waals surface area contributed by atoms with Gasteiger partial charge >= 0.3 is 0 Å². The molecule has 0 spiro atoms. The van der Waals surface area contributed by atoms with Crippen molar-refractivity contribution in [3.63, 3.8) is 0 Å². The fraction of sp³-hybridized carbons (Fsp3) is 0.214. The number of hydrogen-bond acceptors (Lipinski definition) is 5. The average Bonchev–Trinajstić information content (AvgIpc) is 2.41. The summed E-state index contributed by atoms with van der Waals surface area (Å²) in [6, 6.07) is 8.08. The van der Waals surface area contributed by atoms with Crippen molar-refractivity contribution in [2.24, 2.45) is 5.73 Å². The van der Waals surface area contributed by atoms with Gasteiger partial charge in [-0.25, -0.2) is 0 Å². The van der Waals surface area contributed by atoms with Gasteiger partial charge in [0.15, 0.2) is 0 Å². The van der Waals surface area contributed by atoms with Crippen molar-refractivity contribution < 1.29 is 9.66 Å². The van der Waals surface area contributed by atoms with E-state index in [1.807, 2.05) is 6.92 Å². The van der Waals surface area contributed by atoms with E-state index in [2.05, 4.69) is 4.98 Å². The predicted molar refractivity (Wildman–Crippen MR) is 74.7 cm³/mol. The van der Waals surface area contributed by atoms with Crippen molar-refractivity contribution in [3.05, 3.63) is 57.9 Å². The van der Waals surface area contributed by atoms with Gasteiger partial charge in [0, 0.05) is 12.1 Å². The molecule has 0 radical (unpaired) electrons. The number of ether oxygens (including phenoxy) is 1. The van der Waals surface area contributed by atoms with Crippen LogP contribution >= 0.6 is 0 Å². The average molecular weight is 273 g/mol. The number of aromatic nitrogens is 1. The van der Waals surface area contributed by atoms with Gasteiger partial charge in [0.05, 0.1) is 22.4 Å². The van der Waals surface area contributed by atoms with Gasteiger partial charge in [0.2, 0.25) is 0 Å². The molecule has 0 aliphatic carbocycles. The van der Waals surface area contributed by atoms with E-state index in [0.29, 0.717) is 17.1 Å². The zero-order valence-corrected chi connectivity index (χ0v) is 11.2. The summed E-state index contributed by atoms with van der Waals surface area (Å²) in [6.07, 6.45) is 1.55. The minimum absolute atomic E-state index is 0.0302. The van der Waals surface area contributed by atoms with Crippen molar-refractivity contribution >= 4 is 5.69 Å². The fourth-order valence-electron chi connectivity index (χ4n) is 1.76. The highest BCUT2D eigenvalue weighted by atomic mass is 16.6. The molecule has 0 unspecified atom stereocenters. The molecule has 0 amide bonds. The van der Waals surface area contributed by atoms with Crippen LogP contribution < -0.4 is 10.5 Å². The topological polar surface area (TPSA) is 91.3 Å². The third kappa shape index (κ3) is 2.92. The largest absolute Gasteiger partial charge is 0.455 e. The Morgan fingerprint density at radius 3 is 2.65 bits per heavy atom. The minimum Gasteiger partial charge on any atom is -0.455 e. The van der Waals surface area contributed by atoms with Crippen LogP contribution in [0.2, 0.25) is 0 Å². The molecular weight excluding hydrogens is 258 g/mol. The Hall–Kier alpha value is -2.47.